The highest BCUT2D eigenvalue weighted by atomic mass is 16.5. The van der Waals surface area contributed by atoms with Crippen molar-refractivity contribution in [2.75, 3.05) is 13.2 Å². The number of carbonyl (C=O) groups excluding carboxylic acids is 2. The standard InChI is InChI=1S/C71H139NO5/c1-3-5-7-9-11-13-15-16-17-38-41-45-49-53-57-61-65-71(76)77-66-62-58-54-50-46-42-39-36-34-32-30-28-26-24-22-20-18-19-21-23-25-27-29-31-33-35-37-40-44-48-52-56-60-64-70(75)72-68(67-73)69(74)63-59-55-51-47-43-14-12-10-8-6-4-2/h59,63,68-69,73-74H,3-58,60-62,64-67H2,1-2H3,(H,72,75)/b63-59+. The van der Waals surface area contributed by atoms with E-state index in [1.54, 1.807) is 6.08 Å². The molecule has 0 fully saturated rings. The van der Waals surface area contributed by atoms with Crippen molar-refractivity contribution in [3.63, 3.8) is 0 Å². The summed E-state index contributed by atoms with van der Waals surface area (Å²) in [7, 11) is 0. The zero-order valence-electron chi connectivity index (χ0n) is 52.5. The van der Waals surface area contributed by atoms with E-state index in [2.05, 4.69) is 19.2 Å². The van der Waals surface area contributed by atoms with Crippen LogP contribution in [0.2, 0.25) is 0 Å². The van der Waals surface area contributed by atoms with Gasteiger partial charge in [-0.05, 0) is 32.1 Å². The van der Waals surface area contributed by atoms with E-state index in [4.69, 9.17) is 4.74 Å². The first-order valence-corrected chi connectivity index (χ1v) is 35.5. The van der Waals surface area contributed by atoms with E-state index in [1.165, 1.54) is 340 Å². The van der Waals surface area contributed by atoms with Gasteiger partial charge in [0.15, 0.2) is 0 Å². The molecule has 0 aromatic rings. The quantitative estimate of drug-likeness (QED) is 0.0320. The van der Waals surface area contributed by atoms with Gasteiger partial charge in [0.25, 0.3) is 0 Å². The Kier molecular flexibility index (Phi) is 65.9. The second kappa shape index (κ2) is 67.1. The van der Waals surface area contributed by atoms with Crippen LogP contribution in [-0.4, -0.2) is 47.4 Å². The predicted molar refractivity (Wildman–Crippen MR) is 338 cm³/mol. The molecule has 3 N–H and O–H groups in total. The first-order valence-electron chi connectivity index (χ1n) is 35.5. The number of aliphatic hydroxyl groups is 2. The largest absolute Gasteiger partial charge is 0.466 e. The minimum Gasteiger partial charge on any atom is -0.466 e. The molecule has 0 rings (SSSR count). The van der Waals surface area contributed by atoms with E-state index in [9.17, 15) is 19.8 Å². The highest BCUT2D eigenvalue weighted by Gasteiger charge is 2.18. The second-order valence-corrected chi connectivity index (χ2v) is 24.6. The Morgan fingerprint density at radius 1 is 0.351 bits per heavy atom. The lowest BCUT2D eigenvalue weighted by Crippen LogP contribution is -2.45. The van der Waals surface area contributed by atoms with E-state index in [0.717, 1.165) is 38.5 Å². The predicted octanol–water partition coefficient (Wildman–Crippen LogP) is 22.8. The summed E-state index contributed by atoms with van der Waals surface area (Å²) in [6, 6.07) is -0.622. The summed E-state index contributed by atoms with van der Waals surface area (Å²) in [5.41, 5.74) is 0. The van der Waals surface area contributed by atoms with Crippen molar-refractivity contribution in [1.29, 1.82) is 0 Å². The molecule has 0 aromatic heterocycles. The zero-order valence-corrected chi connectivity index (χ0v) is 52.5. The zero-order chi connectivity index (χ0) is 55.7. The molecule has 1 amide bonds. The highest BCUT2D eigenvalue weighted by Crippen LogP contribution is 2.19. The maximum Gasteiger partial charge on any atom is 0.305 e. The Morgan fingerprint density at radius 2 is 0.597 bits per heavy atom. The van der Waals surface area contributed by atoms with Crippen molar-refractivity contribution in [1.82, 2.24) is 5.32 Å². The van der Waals surface area contributed by atoms with Crippen LogP contribution < -0.4 is 5.32 Å². The molecular weight excluding hydrogens is 947 g/mol. The van der Waals surface area contributed by atoms with E-state index < -0.39 is 12.1 Å². The summed E-state index contributed by atoms with van der Waals surface area (Å²) in [6.07, 6.45) is 83.1. The van der Waals surface area contributed by atoms with Crippen LogP contribution >= 0.6 is 0 Å². The molecule has 6 nitrogen and oxygen atoms in total. The van der Waals surface area contributed by atoms with Crippen molar-refractivity contribution in [2.24, 2.45) is 0 Å². The Morgan fingerprint density at radius 3 is 0.883 bits per heavy atom. The lowest BCUT2D eigenvalue weighted by atomic mass is 10.0. The molecule has 0 aromatic carbocycles. The van der Waals surface area contributed by atoms with Crippen molar-refractivity contribution in [3.8, 4) is 0 Å². The Hall–Kier alpha value is -1.40. The molecule has 2 atom stereocenters. The van der Waals surface area contributed by atoms with Crippen molar-refractivity contribution in [2.45, 2.75) is 418 Å². The summed E-state index contributed by atoms with van der Waals surface area (Å²) >= 11 is 0. The van der Waals surface area contributed by atoms with Crippen LogP contribution in [0.3, 0.4) is 0 Å². The molecule has 0 aliphatic heterocycles. The van der Waals surface area contributed by atoms with Gasteiger partial charge in [-0.1, -0.05) is 373 Å². The number of ether oxygens (including phenoxy) is 1. The summed E-state index contributed by atoms with van der Waals surface area (Å²) in [5, 5.41) is 23.1. The Balaban J connectivity index is 3.29. The first-order chi connectivity index (χ1) is 38.0. The SMILES string of the molecule is CCCCCCCCCCC/C=C/C(O)C(CO)NC(=O)CCCCCCCCCCCCCCCCCCCCCCCCCCCCCCCCCCCOC(=O)CCCCCCCCCCCCCCCCCC. The molecule has 458 valence electrons. The van der Waals surface area contributed by atoms with Crippen LogP contribution in [0.5, 0.6) is 0 Å². The van der Waals surface area contributed by atoms with Gasteiger partial charge in [-0.25, -0.2) is 0 Å². The van der Waals surface area contributed by atoms with Gasteiger partial charge < -0.3 is 20.3 Å². The summed E-state index contributed by atoms with van der Waals surface area (Å²) in [4.78, 5) is 24.5. The maximum atomic E-state index is 12.4. The van der Waals surface area contributed by atoms with E-state index in [-0.39, 0.29) is 18.5 Å². The molecule has 77 heavy (non-hydrogen) atoms. The molecule has 2 unspecified atom stereocenters. The fourth-order valence-corrected chi connectivity index (χ4v) is 11.4. The molecule has 0 heterocycles. The molecule has 0 saturated carbocycles. The number of rotatable bonds is 67. The van der Waals surface area contributed by atoms with Gasteiger partial charge in [0.05, 0.1) is 25.4 Å². The maximum absolute atomic E-state index is 12.4. The summed E-state index contributed by atoms with van der Waals surface area (Å²) < 4.78 is 5.51. The third-order valence-electron chi connectivity index (χ3n) is 16.8. The average molecular weight is 1090 g/mol. The minimum absolute atomic E-state index is 0.0257. The third kappa shape index (κ3) is 63.6. The highest BCUT2D eigenvalue weighted by molar-refractivity contribution is 5.76. The van der Waals surface area contributed by atoms with Gasteiger partial charge in [0.2, 0.25) is 5.91 Å². The number of unbranched alkanes of at least 4 members (excludes halogenated alkanes) is 56. The van der Waals surface area contributed by atoms with Crippen LogP contribution in [0.4, 0.5) is 0 Å². The van der Waals surface area contributed by atoms with Crippen LogP contribution in [0.25, 0.3) is 0 Å². The lowest BCUT2D eigenvalue weighted by Gasteiger charge is -2.20. The fraction of sp³-hybridized carbons (Fsp3) is 0.944. The van der Waals surface area contributed by atoms with Crippen LogP contribution in [0.1, 0.15) is 406 Å². The number of carbonyl (C=O) groups is 2. The topological polar surface area (TPSA) is 95.9 Å². The Labute approximate surface area is 482 Å². The van der Waals surface area contributed by atoms with Crippen LogP contribution in [0.15, 0.2) is 12.2 Å². The van der Waals surface area contributed by atoms with E-state index in [0.29, 0.717) is 19.4 Å². The molecule has 0 radical (unpaired) electrons. The number of aliphatic hydroxyl groups excluding tert-OH is 2. The second-order valence-electron chi connectivity index (χ2n) is 24.6. The number of hydrogen-bond acceptors (Lipinski definition) is 5. The number of amides is 1. The van der Waals surface area contributed by atoms with E-state index in [1.807, 2.05) is 6.08 Å². The van der Waals surface area contributed by atoms with E-state index >= 15 is 0 Å². The first kappa shape index (κ1) is 75.6. The van der Waals surface area contributed by atoms with Gasteiger partial charge in [-0.2, -0.15) is 0 Å². The molecule has 0 saturated heterocycles. The molecular formula is C71H139NO5. The fourth-order valence-electron chi connectivity index (χ4n) is 11.4. The summed E-state index contributed by atoms with van der Waals surface area (Å²) in [6.45, 7) is 4.93. The van der Waals surface area contributed by atoms with Crippen molar-refractivity contribution < 1.29 is 24.5 Å². The smallest absolute Gasteiger partial charge is 0.305 e. The van der Waals surface area contributed by atoms with Gasteiger partial charge in [0, 0.05) is 12.8 Å². The molecule has 0 aliphatic carbocycles. The summed E-state index contributed by atoms with van der Waals surface area (Å²) in [5.74, 6) is -0.0366. The monoisotopic (exact) mass is 1090 g/mol. The number of hydrogen-bond donors (Lipinski definition) is 3. The number of nitrogens with one attached hydrogen (secondary N) is 1. The minimum atomic E-state index is -0.839. The van der Waals surface area contributed by atoms with Gasteiger partial charge in [0.1, 0.15) is 0 Å². The van der Waals surface area contributed by atoms with Crippen LogP contribution in [0, 0.1) is 0 Å². The van der Waals surface area contributed by atoms with Gasteiger partial charge >= 0.3 is 5.97 Å². The average Bonchev–Trinajstić information content (AvgIpc) is 3.43. The lowest BCUT2D eigenvalue weighted by molar-refractivity contribution is -0.143. The number of allylic oxidation sites excluding steroid dienone is 1. The van der Waals surface area contributed by atoms with Crippen molar-refractivity contribution >= 4 is 11.9 Å². The van der Waals surface area contributed by atoms with Crippen LogP contribution in [-0.2, 0) is 14.3 Å². The molecule has 0 spiro atoms. The number of esters is 1. The molecule has 0 bridgehead atoms. The van der Waals surface area contributed by atoms with Crippen molar-refractivity contribution in [3.05, 3.63) is 12.2 Å². The van der Waals surface area contributed by atoms with Gasteiger partial charge in [-0.15, -0.1) is 0 Å². The third-order valence-corrected chi connectivity index (χ3v) is 16.8. The van der Waals surface area contributed by atoms with Gasteiger partial charge in [-0.3, -0.25) is 9.59 Å². The normalized spacial score (nSPS) is 12.5. The molecule has 0 aliphatic rings. The Bertz CT molecular complexity index is 1160. The molecule has 6 heteroatoms.